The number of ether oxygens (including phenoxy) is 1. The number of amides is 1. The molecule has 0 radical (unpaired) electrons. The minimum absolute atomic E-state index is 0.0192. The van der Waals surface area contributed by atoms with Crippen molar-refractivity contribution in [1.82, 2.24) is 20.0 Å². The summed E-state index contributed by atoms with van der Waals surface area (Å²) in [7, 11) is 0. The molecule has 1 aromatic heterocycles. The zero-order valence-electron chi connectivity index (χ0n) is 16.6. The van der Waals surface area contributed by atoms with Crippen LogP contribution in [0.2, 0.25) is 5.02 Å². The molecule has 0 spiro atoms. The summed E-state index contributed by atoms with van der Waals surface area (Å²) in [5.74, 6) is 0.0192. The standard InChI is InChI=1S/C22H27ClN4O2/c1-2-9-27-20-8-7-18(24-15-16-3-5-17(23)6-4-16)14-19(20)21(25-27)22(28)26-10-12-29-13-11-26/h2-6,18,24H,1,7-15H2/t18-/m1/s1. The monoisotopic (exact) mass is 414 g/mol. The lowest BCUT2D eigenvalue weighted by atomic mass is 9.91. The number of rotatable bonds is 6. The number of fused-ring (bicyclic) bond motifs is 1. The predicted molar refractivity (Wildman–Crippen MR) is 113 cm³/mol. The highest BCUT2D eigenvalue weighted by Crippen LogP contribution is 2.26. The fraction of sp³-hybridized carbons (Fsp3) is 0.455. The molecule has 1 aliphatic heterocycles. The van der Waals surface area contributed by atoms with Crippen molar-refractivity contribution in [2.24, 2.45) is 0 Å². The van der Waals surface area contributed by atoms with E-state index in [0.29, 0.717) is 44.6 Å². The van der Waals surface area contributed by atoms with Crippen molar-refractivity contribution in [2.75, 3.05) is 26.3 Å². The van der Waals surface area contributed by atoms with E-state index in [4.69, 9.17) is 21.4 Å². The molecular formula is C22H27ClN4O2. The number of carbonyl (C=O) groups is 1. The third-order valence-electron chi connectivity index (χ3n) is 5.66. The zero-order valence-corrected chi connectivity index (χ0v) is 17.3. The van der Waals surface area contributed by atoms with E-state index in [9.17, 15) is 4.79 Å². The molecule has 1 aromatic carbocycles. The second-order valence-electron chi connectivity index (χ2n) is 7.60. The van der Waals surface area contributed by atoms with Crippen LogP contribution in [0.15, 0.2) is 36.9 Å². The van der Waals surface area contributed by atoms with Gasteiger partial charge in [0.1, 0.15) is 0 Å². The molecule has 1 atom stereocenters. The summed E-state index contributed by atoms with van der Waals surface area (Å²) in [5.41, 5.74) is 4.06. The van der Waals surface area contributed by atoms with Gasteiger partial charge in [0.2, 0.25) is 0 Å². The smallest absolute Gasteiger partial charge is 0.274 e. The average Bonchev–Trinajstić information content (AvgIpc) is 3.11. The number of aromatic nitrogens is 2. The van der Waals surface area contributed by atoms with Gasteiger partial charge in [0.25, 0.3) is 5.91 Å². The Hall–Kier alpha value is -2.15. The minimum Gasteiger partial charge on any atom is -0.378 e. The Morgan fingerprint density at radius 3 is 2.79 bits per heavy atom. The van der Waals surface area contributed by atoms with Gasteiger partial charge in [-0.05, 0) is 37.0 Å². The molecule has 1 saturated heterocycles. The molecule has 1 fully saturated rings. The first-order valence-electron chi connectivity index (χ1n) is 10.2. The second kappa shape index (κ2) is 9.11. The van der Waals surface area contributed by atoms with E-state index in [1.165, 1.54) is 11.3 Å². The van der Waals surface area contributed by atoms with Gasteiger partial charge in [-0.25, -0.2) is 0 Å². The highest BCUT2D eigenvalue weighted by atomic mass is 35.5. The number of allylic oxidation sites excluding steroid dienone is 1. The number of benzene rings is 1. The average molecular weight is 415 g/mol. The van der Waals surface area contributed by atoms with Gasteiger partial charge in [-0.3, -0.25) is 9.48 Å². The summed E-state index contributed by atoms with van der Waals surface area (Å²) in [4.78, 5) is 15.0. The number of nitrogens with one attached hydrogen (secondary N) is 1. The first kappa shape index (κ1) is 20.1. The van der Waals surface area contributed by atoms with Crippen LogP contribution in [0.4, 0.5) is 0 Å². The van der Waals surface area contributed by atoms with Crippen molar-refractivity contribution in [3.05, 3.63) is 64.5 Å². The van der Waals surface area contributed by atoms with Crippen molar-refractivity contribution in [2.45, 2.75) is 38.4 Å². The minimum atomic E-state index is 0.0192. The maximum Gasteiger partial charge on any atom is 0.274 e. The number of nitrogens with zero attached hydrogens (tertiary/aromatic N) is 3. The van der Waals surface area contributed by atoms with Gasteiger partial charge in [0.05, 0.1) is 19.8 Å². The first-order chi connectivity index (χ1) is 14.2. The van der Waals surface area contributed by atoms with Gasteiger partial charge < -0.3 is 15.0 Å². The predicted octanol–water partition coefficient (Wildman–Crippen LogP) is 2.84. The maximum atomic E-state index is 13.1. The van der Waals surface area contributed by atoms with E-state index in [0.717, 1.165) is 36.4 Å². The van der Waals surface area contributed by atoms with Crippen LogP contribution in [0.25, 0.3) is 0 Å². The summed E-state index contributed by atoms with van der Waals surface area (Å²) in [6.07, 6.45) is 4.58. The highest BCUT2D eigenvalue weighted by Gasteiger charge is 2.31. The Balaban J connectivity index is 1.51. The zero-order chi connectivity index (χ0) is 20.2. The molecule has 0 saturated carbocycles. The molecule has 0 unspecified atom stereocenters. The van der Waals surface area contributed by atoms with E-state index in [1.807, 2.05) is 39.9 Å². The molecule has 7 heteroatoms. The SMILES string of the molecule is C=CCn1nc(C(=O)N2CCOCC2)c2c1CC[C@@H](NCc1ccc(Cl)cc1)C2. The molecule has 2 heterocycles. The van der Waals surface area contributed by atoms with Crippen molar-refractivity contribution in [3.8, 4) is 0 Å². The Kier molecular flexibility index (Phi) is 6.33. The fourth-order valence-electron chi connectivity index (χ4n) is 4.09. The normalized spacial score (nSPS) is 19.1. The van der Waals surface area contributed by atoms with Crippen LogP contribution in [0.3, 0.4) is 0 Å². The first-order valence-corrected chi connectivity index (χ1v) is 10.6. The van der Waals surface area contributed by atoms with Crippen LogP contribution >= 0.6 is 11.6 Å². The van der Waals surface area contributed by atoms with Crippen LogP contribution in [-0.4, -0.2) is 52.9 Å². The van der Waals surface area contributed by atoms with E-state index in [2.05, 4.69) is 11.9 Å². The molecule has 6 nitrogen and oxygen atoms in total. The molecule has 4 rings (SSSR count). The summed E-state index contributed by atoms with van der Waals surface area (Å²) in [6.45, 7) is 7.68. The fourth-order valence-corrected chi connectivity index (χ4v) is 4.21. The van der Waals surface area contributed by atoms with Gasteiger partial charge in [-0.2, -0.15) is 5.10 Å². The van der Waals surface area contributed by atoms with Crippen LogP contribution in [-0.2, 0) is 30.7 Å². The molecular weight excluding hydrogens is 388 g/mol. The van der Waals surface area contributed by atoms with Crippen molar-refractivity contribution in [3.63, 3.8) is 0 Å². The second-order valence-corrected chi connectivity index (χ2v) is 8.03. The Labute approximate surface area is 176 Å². The molecule has 0 bridgehead atoms. The van der Waals surface area contributed by atoms with E-state index in [1.54, 1.807) is 0 Å². The van der Waals surface area contributed by atoms with Crippen molar-refractivity contribution in [1.29, 1.82) is 0 Å². The molecule has 1 N–H and O–H groups in total. The van der Waals surface area contributed by atoms with Crippen LogP contribution < -0.4 is 5.32 Å². The van der Waals surface area contributed by atoms with Gasteiger partial charge in [0, 0.05) is 42.0 Å². The lowest BCUT2D eigenvalue weighted by Crippen LogP contribution is -2.41. The summed E-state index contributed by atoms with van der Waals surface area (Å²) in [5, 5.41) is 9.08. The molecule has 29 heavy (non-hydrogen) atoms. The van der Waals surface area contributed by atoms with Gasteiger partial charge in [0.15, 0.2) is 5.69 Å². The topological polar surface area (TPSA) is 59.4 Å². The van der Waals surface area contributed by atoms with Crippen LogP contribution in [0, 0.1) is 0 Å². The van der Waals surface area contributed by atoms with Crippen molar-refractivity contribution >= 4 is 17.5 Å². The number of hydrogen-bond acceptors (Lipinski definition) is 4. The van der Waals surface area contributed by atoms with E-state index < -0.39 is 0 Å². The number of carbonyl (C=O) groups excluding carboxylic acids is 1. The maximum absolute atomic E-state index is 13.1. The quantitative estimate of drug-likeness (QED) is 0.738. The lowest BCUT2D eigenvalue weighted by molar-refractivity contribution is 0.0297. The highest BCUT2D eigenvalue weighted by molar-refractivity contribution is 6.30. The van der Waals surface area contributed by atoms with E-state index in [-0.39, 0.29) is 5.91 Å². The van der Waals surface area contributed by atoms with Crippen LogP contribution in [0.1, 0.15) is 33.7 Å². The number of halogens is 1. The Morgan fingerprint density at radius 1 is 1.31 bits per heavy atom. The van der Waals surface area contributed by atoms with Gasteiger partial charge in [-0.1, -0.05) is 29.8 Å². The molecule has 2 aromatic rings. The van der Waals surface area contributed by atoms with Gasteiger partial charge in [-0.15, -0.1) is 6.58 Å². The number of hydrogen-bond donors (Lipinski definition) is 1. The molecule has 154 valence electrons. The van der Waals surface area contributed by atoms with Crippen molar-refractivity contribution < 1.29 is 9.53 Å². The van der Waals surface area contributed by atoms with Crippen LogP contribution in [0.5, 0.6) is 0 Å². The number of morpholine rings is 1. The largest absolute Gasteiger partial charge is 0.378 e. The van der Waals surface area contributed by atoms with E-state index >= 15 is 0 Å². The summed E-state index contributed by atoms with van der Waals surface area (Å²) in [6, 6.07) is 8.22. The third kappa shape index (κ3) is 4.55. The summed E-state index contributed by atoms with van der Waals surface area (Å²) < 4.78 is 7.34. The Bertz CT molecular complexity index is 872. The Morgan fingerprint density at radius 2 is 2.07 bits per heavy atom. The molecule has 1 aliphatic carbocycles. The lowest BCUT2D eigenvalue weighted by Gasteiger charge is -2.28. The summed E-state index contributed by atoms with van der Waals surface area (Å²) >= 11 is 5.98. The van der Waals surface area contributed by atoms with Gasteiger partial charge >= 0.3 is 0 Å². The molecule has 1 amide bonds. The molecule has 2 aliphatic rings. The third-order valence-corrected chi connectivity index (χ3v) is 5.91.